The molecule has 0 fully saturated rings. The summed E-state index contributed by atoms with van der Waals surface area (Å²) in [4.78, 5) is 4.40. The fourth-order valence-electron chi connectivity index (χ4n) is 1.39. The summed E-state index contributed by atoms with van der Waals surface area (Å²) >= 11 is 0. The third kappa shape index (κ3) is 0.805. The molecule has 0 spiro atoms. The Morgan fingerprint density at radius 1 is 1.27 bits per heavy atom. The van der Waals surface area contributed by atoms with Crippen LogP contribution in [0.5, 0.6) is 0 Å². The molecule has 1 aliphatic heterocycles. The van der Waals surface area contributed by atoms with Crippen LogP contribution >= 0.6 is 0 Å². The quantitative estimate of drug-likeness (QED) is 0.495. The fraction of sp³-hybridized carbons (Fsp3) is 0.300. The number of rotatable bonds is 0. The van der Waals surface area contributed by atoms with Crippen LogP contribution in [0.4, 0.5) is 0 Å². The van der Waals surface area contributed by atoms with Gasteiger partial charge in [-0.05, 0) is 44.1 Å². The zero-order chi connectivity index (χ0) is 8.01. The van der Waals surface area contributed by atoms with Crippen LogP contribution in [0.2, 0.25) is 0 Å². The predicted molar refractivity (Wildman–Crippen MR) is 46.3 cm³/mol. The van der Waals surface area contributed by atoms with Gasteiger partial charge in [-0.25, -0.2) is 0 Å². The molecule has 2 aliphatic rings. The van der Waals surface area contributed by atoms with Crippen molar-refractivity contribution in [2.24, 2.45) is 4.99 Å². The highest BCUT2D eigenvalue weighted by atomic mass is 14.8. The van der Waals surface area contributed by atoms with E-state index in [0.29, 0.717) is 0 Å². The molecule has 0 amide bonds. The molecule has 1 nitrogen and oxygen atoms in total. The summed E-state index contributed by atoms with van der Waals surface area (Å²) in [6.45, 7) is 6.19. The van der Waals surface area contributed by atoms with Gasteiger partial charge in [0.1, 0.15) is 0 Å². The zero-order valence-corrected chi connectivity index (χ0v) is 7.02. The number of nitrogens with zero attached hydrogens (tertiary/aromatic N) is 1. The normalized spacial score (nSPS) is 21.5. The van der Waals surface area contributed by atoms with E-state index in [-0.39, 0.29) is 0 Å². The Bertz CT molecular complexity index is 338. The average Bonchev–Trinajstić information content (AvgIpc) is 2.37. The highest BCUT2D eigenvalue weighted by Gasteiger charge is 2.19. The maximum atomic E-state index is 4.40. The molecular formula is C10H10N. The molecule has 11 heavy (non-hydrogen) atoms. The smallest absolute Gasteiger partial charge is 0.0717 e. The Balaban J connectivity index is 2.58. The molecule has 2 rings (SSSR count). The second-order valence-electron chi connectivity index (χ2n) is 3.03. The second kappa shape index (κ2) is 1.94. The summed E-state index contributed by atoms with van der Waals surface area (Å²) in [5.41, 5.74) is 5.88. The van der Waals surface area contributed by atoms with Crippen molar-refractivity contribution in [2.45, 2.75) is 20.8 Å². The van der Waals surface area contributed by atoms with Gasteiger partial charge >= 0.3 is 0 Å². The molecule has 1 heterocycles. The van der Waals surface area contributed by atoms with Crippen LogP contribution in [0.25, 0.3) is 0 Å². The Hall–Kier alpha value is -1.11. The lowest BCUT2D eigenvalue weighted by Gasteiger charge is -1.91. The minimum Gasteiger partial charge on any atom is -0.253 e. The van der Waals surface area contributed by atoms with E-state index in [0.717, 1.165) is 11.4 Å². The number of fused-ring (bicyclic) bond motifs is 1. The Morgan fingerprint density at radius 2 is 2.00 bits per heavy atom. The molecule has 55 valence electrons. The number of aliphatic imine (C=N–C) groups is 1. The largest absolute Gasteiger partial charge is 0.253 e. The van der Waals surface area contributed by atoms with E-state index in [1.54, 1.807) is 0 Å². The molecule has 0 aromatic carbocycles. The van der Waals surface area contributed by atoms with Crippen LogP contribution < -0.4 is 0 Å². The first kappa shape index (κ1) is 6.59. The first-order valence-corrected chi connectivity index (χ1v) is 3.77. The van der Waals surface area contributed by atoms with E-state index in [2.05, 4.69) is 31.0 Å². The molecule has 0 saturated heterocycles. The molecule has 0 unspecified atom stereocenters. The highest BCUT2D eigenvalue weighted by molar-refractivity contribution is 6.03. The summed E-state index contributed by atoms with van der Waals surface area (Å²) in [6, 6.07) is 0. The van der Waals surface area contributed by atoms with Gasteiger partial charge in [0.15, 0.2) is 0 Å². The van der Waals surface area contributed by atoms with E-state index < -0.39 is 0 Å². The van der Waals surface area contributed by atoms with Crippen molar-refractivity contribution in [1.29, 1.82) is 0 Å². The van der Waals surface area contributed by atoms with E-state index in [1.165, 1.54) is 16.7 Å². The zero-order valence-electron chi connectivity index (χ0n) is 7.02. The van der Waals surface area contributed by atoms with E-state index >= 15 is 0 Å². The Labute approximate surface area is 66.8 Å². The van der Waals surface area contributed by atoms with Gasteiger partial charge in [-0.15, -0.1) is 0 Å². The van der Waals surface area contributed by atoms with Gasteiger partial charge in [-0.3, -0.25) is 4.99 Å². The average molecular weight is 144 g/mol. The molecule has 0 atom stereocenters. The maximum Gasteiger partial charge on any atom is 0.0717 e. The summed E-state index contributed by atoms with van der Waals surface area (Å²) in [6.07, 6.45) is 5.36. The Morgan fingerprint density at radius 3 is 2.64 bits per heavy atom. The van der Waals surface area contributed by atoms with Gasteiger partial charge in [0.2, 0.25) is 0 Å². The lowest BCUT2D eigenvalue weighted by atomic mass is 10.1. The SMILES string of the molecule is CC1=[C]C2=C(C)C(C)=NC2=C1. The number of hydrogen-bond donors (Lipinski definition) is 0. The fourth-order valence-corrected chi connectivity index (χ4v) is 1.39. The van der Waals surface area contributed by atoms with Crippen molar-refractivity contribution in [3.05, 3.63) is 34.6 Å². The molecule has 0 aromatic heterocycles. The van der Waals surface area contributed by atoms with Gasteiger partial charge in [-0.1, -0.05) is 0 Å². The molecule has 1 heteroatoms. The number of allylic oxidation sites excluding steroid dienone is 4. The lowest BCUT2D eigenvalue weighted by molar-refractivity contribution is 1.40. The van der Waals surface area contributed by atoms with Crippen molar-refractivity contribution in [3.63, 3.8) is 0 Å². The highest BCUT2D eigenvalue weighted by Crippen LogP contribution is 2.31. The summed E-state index contributed by atoms with van der Waals surface area (Å²) in [5, 5.41) is 0. The minimum absolute atomic E-state index is 1.09. The van der Waals surface area contributed by atoms with E-state index in [9.17, 15) is 0 Å². The third-order valence-corrected chi connectivity index (χ3v) is 2.14. The number of hydrogen-bond acceptors (Lipinski definition) is 1. The van der Waals surface area contributed by atoms with Crippen LogP contribution in [0.1, 0.15) is 20.8 Å². The standard InChI is InChI=1S/C10H10N/c1-6-4-9-7(2)8(3)11-10(9)5-6/h5H,1-3H3. The molecular weight excluding hydrogens is 134 g/mol. The minimum atomic E-state index is 1.09. The predicted octanol–water partition coefficient (Wildman–Crippen LogP) is 2.42. The first-order chi connectivity index (χ1) is 5.18. The van der Waals surface area contributed by atoms with Crippen molar-refractivity contribution in [1.82, 2.24) is 0 Å². The molecule has 0 saturated carbocycles. The van der Waals surface area contributed by atoms with Crippen LogP contribution in [-0.4, -0.2) is 5.71 Å². The van der Waals surface area contributed by atoms with Crippen molar-refractivity contribution in [3.8, 4) is 0 Å². The third-order valence-electron chi connectivity index (χ3n) is 2.14. The van der Waals surface area contributed by atoms with Crippen molar-refractivity contribution < 1.29 is 0 Å². The topological polar surface area (TPSA) is 12.4 Å². The molecule has 1 aliphatic carbocycles. The van der Waals surface area contributed by atoms with Gasteiger partial charge in [0.25, 0.3) is 0 Å². The monoisotopic (exact) mass is 144 g/mol. The molecule has 0 bridgehead atoms. The van der Waals surface area contributed by atoms with Crippen LogP contribution in [0, 0.1) is 6.08 Å². The second-order valence-corrected chi connectivity index (χ2v) is 3.03. The van der Waals surface area contributed by atoms with Crippen LogP contribution in [0.15, 0.2) is 33.5 Å². The van der Waals surface area contributed by atoms with Gasteiger partial charge in [0.05, 0.1) is 5.70 Å². The maximum absolute atomic E-state index is 4.40. The van der Waals surface area contributed by atoms with E-state index in [4.69, 9.17) is 0 Å². The molecule has 0 aromatic rings. The summed E-state index contributed by atoms with van der Waals surface area (Å²) < 4.78 is 0. The van der Waals surface area contributed by atoms with Crippen LogP contribution in [-0.2, 0) is 0 Å². The lowest BCUT2D eigenvalue weighted by Crippen LogP contribution is -1.87. The molecule has 0 N–H and O–H groups in total. The molecule has 1 radical (unpaired) electrons. The first-order valence-electron chi connectivity index (χ1n) is 3.77. The van der Waals surface area contributed by atoms with Gasteiger partial charge in [-0.2, -0.15) is 0 Å². The van der Waals surface area contributed by atoms with Crippen molar-refractivity contribution >= 4 is 5.71 Å². The van der Waals surface area contributed by atoms with Gasteiger partial charge < -0.3 is 0 Å². The van der Waals surface area contributed by atoms with E-state index in [1.807, 2.05) is 6.92 Å². The summed E-state index contributed by atoms with van der Waals surface area (Å²) in [5.74, 6) is 0. The van der Waals surface area contributed by atoms with Gasteiger partial charge in [0, 0.05) is 11.3 Å². The summed E-state index contributed by atoms with van der Waals surface area (Å²) in [7, 11) is 0. The van der Waals surface area contributed by atoms with Crippen LogP contribution in [0.3, 0.4) is 0 Å². The Kier molecular flexibility index (Phi) is 1.16. The van der Waals surface area contributed by atoms with Crippen molar-refractivity contribution in [2.75, 3.05) is 0 Å².